The summed E-state index contributed by atoms with van der Waals surface area (Å²) in [5, 5.41) is 0. The van der Waals surface area contributed by atoms with Crippen molar-refractivity contribution >= 4 is 13.4 Å². The zero-order valence-electron chi connectivity index (χ0n) is 9.83. The molecule has 88 valence electrons. The lowest BCUT2D eigenvalue weighted by molar-refractivity contribution is 0.245. The summed E-state index contributed by atoms with van der Waals surface area (Å²) in [6.07, 6.45) is -0.00607. The monoisotopic (exact) mass is 240 g/mol. The number of benzene rings is 1. The number of anilines is 1. The molecule has 0 spiro atoms. The molecule has 5 heteroatoms. The predicted octanol–water partition coefficient (Wildman–Crippen LogP) is 2.58. The van der Waals surface area contributed by atoms with Crippen molar-refractivity contribution in [1.29, 1.82) is 0 Å². The molecule has 0 N–H and O–H groups in total. The van der Waals surface area contributed by atoms with Gasteiger partial charge in [0.2, 0.25) is 0 Å². The molecule has 1 aromatic carbocycles. The minimum atomic E-state index is -2.86. The first-order chi connectivity index (χ1) is 7.54. The van der Waals surface area contributed by atoms with E-state index >= 15 is 0 Å². The van der Waals surface area contributed by atoms with Crippen molar-refractivity contribution < 1.29 is 9.09 Å². The third-order valence-corrected chi connectivity index (χ3v) is 5.26. The highest BCUT2D eigenvalue weighted by atomic mass is 31.2. The molecule has 1 saturated heterocycles. The number of para-hydroxylation sites is 1. The van der Waals surface area contributed by atoms with Gasteiger partial charge in [-0.1, -0.05) is 18.2 Å². The Kier molecular flexibility index (Phi) is 3.06. The molecule has 1 aliphatic rings. The number of rotatable bonds is 2. The zero-order valence-corrected chi connectivity index (χ0v) is 10.7. The average Bonchev–Trinajstić information content (AvgIpc) is 2.57. The fourth-order valence-corrected chi connectivity index (χ4v) is 3.96. The summed E-state index contributed by atoms with van der Waals surface area (Å²) in [5.74, 6) is 0. The van der Waals surface area contributed by atoms with E-state index in [-0.39, 0.29) is 6.10 Å². The largest absolute Gasteiger partial charge is 0.371 e. The van der Waals surface area contributed by atoms with Crippen LogP contribution in [0.2, 0.25) is 0 Å². The van der Waals surface area contributed by atoms with Crippen LogP contribution in [0.3, 0.4) is 0 Å². The SMILES string of the molecule is CC1CN(c2ccccc2)P(=O)(N(C)C)O1. The lowest BCUT2D eigenvalue weighted by Gasteiger charge is -2.28. The number of hydrogen-bond acceptors (Lipinski definition) is 2. The summed E-state index contributed by atoms with van der Waals surface area (Å²) in [7, 11) is 0.709. The molecule has 0 saturated carbocycles. The maximum absolute atomic E-state index is 12.7. The first-order valence-electron chi connectivity index (χ1n) is 5.33. The summed E-state index contributed by atoms with van der Waals surface area (Å²) in [6, 6.07) is 9.75. The van der Waals surface area contributed by atoms with Gasteiger partial charge in [-0.25, -0.2) is 9.24 Å². The van der Waals surface area contributed by atoms with Crippen LogP contribution >= 0.6 is 7.67 Å². The number of nitrogens with zero attached hydrogens (tertiary/aromatic N) is 2. The normalized spacial score (nSPS) is 30.0. The second-order valence-corrected chi connectivity index (χ2v) is 6.65. The highest BCUT2D eigenvalue weighted by Gasteiger charge is 2.43. The summed E-state index contributed by atoms with van der Waals surface area (Å²) in [4.78, 5) is 0. The fourth-order valence-electron chi connectivity index (χ4n) is 1.83. The van der Waals surface area contributed by atoms with E-state index in [1.807, 2.05) is 41.9 Å². The Morgan fingerprint density at radius 2 is 2.00 bits per heavy atom. The van der Waals surface area contributed by atoms with E-state index in [9.17, 15) is 4.57 Å². The first kappa shape index (κ1) is 11.6. The second-order valence-electron chi connectivity index (χ2n) is 4.17. The summed E-state index contributed by atoms with van der Waals surface area (Å²) < 4.78 is 21.8. The highest BCUT2D eigenvalue weighted by Crippen LogP contribution is 2.59. The summed E-state index contributed by atoms with van der Waals surface area (Å²) in [5.41, 5.74) is 0.948. The maximum atomic E-state index is 12.7. The molecule has 1 fully saturated rings. The van der Waals surface area contributed by atoms with Crippen molar-refractivity contribution in [2.75, 3.05) is 25.3 Å². The van der Waals surface area contributed by atoms with Crippen LogP contribution in [-0.4, -0.2) is 31.4 Å². The molecular weight excluding hydrogens is 223 g/mol. The molecule has 0 amide bonds. The molecule has 2 rings (SSSR count). The minimum Gasteiger partial charge on any atom is -0.297 e. The Bertz CT molecular complexity index is 408. The van der Waals surface area contributed by atoms with Gasteiger partial charge in [-0.3, -0.25) is 9.19 Å². The van der Waals surface area contributed by atoms with Crippen molar-refractivity contribution in [3.63, 3.8) is 0 Å². The highest BCUT2D eigenvalue weighted by molar-refractivity contribution is 7.58. The maximum Gasteiger partial charge on any atom is 0.371 e. The van der Waals surface area contributed by atoms with Crippen LogP contribution in [0.1, 0.15) is 6.92 Å². The van der Waals surface area contributed by atoms with E-state index < -0.39 is 7.67 Å². The molecule has 0 bridgehead atoms. The predicted molar refractivity (Wildman–Crippen MR) is 65.6 cm³/mol. The number of hydrogen-bond donors (Lipinski definition) is 0. The van der Waals surface area contributed by atoms with Gasteiger partial charge in [-0.15, -0.1) is 0 Å². The van der Waals surface area contributed by atoms with Gasteiger partial charge in [0.1, 0.15) is 0 Å². The molecule has 16 heavy (non-hydrogen) atoms. The van der Waals surface area contributed by atoms with E-state index in [2.05, 4.69) is 0 Å². The Labute approximate surface area is 96.4 Å². The zero-order chi connectivity index (χ0) is 11.8. The van der Waals surface area contributed by atoms with Crippen molar-refractivity contribution in [2.45, 2.75) is 13.0 Å². The van der Waals surface area contributed by atoms with Crippen molar-refractivity contribution in [3.05, 3.63) is 30.3 Å². The van der Waals surface area contributed by atoms with E-state index in [4.69, 9.17) is 4.52 Å². The second kappa shape index (κ2) is 4.21. The van der Waals surface area contributed by atoms with E-state index in [0.29, 0.717) is 6.54 Å². The van der Waals surface area contributed by atoms with Crippen LogP contribution in [0.5, 0.6) is 0 Å². The van der Waals surface area contributed by atoms with Crippen LogP contribution in [0.25, 0.3) is 0 Å². The Balaban J connectivity index is 2.37. The fraction of sp³-hybridized carbons (Fsp3) is 0.455. The Hall–Kier alpha value is -0.830. The van der Waals surface area contributed by atoms with Crippen LogP contribution in [0.4, 0.5) is 5.69 Å². The first-order valence-corrected chi connectivity index (χ1v) is 6.86. The van der Waals surface area contributed by atoms with E-state index in [1.54, 1.807) is 18.8 Å². The van der Waals surface area contributed by atoms with Gasteiger partial charge in [-0.2, -0.15) is 0 Å². The molecule has 0 radical (unpaired) electrons. The molecule has 2 unspecified atom stereocenters. The van der Waals surface area contributed by atoms with E-state index in [1.165, 1.54) is 0 Å². The third-order valence-electron chi connectivity index (χ3n) is 2.61. The van der Waals surface area contributed by atoms with Gasteiger partial charge < -0.3 is 0 Å². The molecule has 0 aliphatic carbocycles. The lowest BCUT2D eigenvalue weighted by atomic mass is 10.3. The van der Waals surface area contributed by atoms with Crippen molar-refractivity contribution in [3.8, 4) is 0 Å². The smallest absolute Gasteiger partial charge is 0.297 e. The van der Waals surface area contributed by atoms with Gasteiger partial charge in [0.15, 0.2) is 0 Å². The van der Waals surface area contributed by atoms with E-state index in [0.717, 1.165) is 5.69 Å². The Morgan fingerprint density at radius 3 is 2.56 bits per heavy atom. The van der Waals surface area contributed by atoms with Gasteiger partial charge in [0.25, 0.3) is 0 Å². The molecule has 2 atom stereocenters. The molecule has 1 heterocycles. The van der Waals surface area contributed by atoms with Crippen LogP contribution in [-0.2, 0) is 9.09 Å². The summed E-state index contributed by atoms with van der Waals surface area (Å²) in [6.45, 7) is 2.61. The Morgan fingerprint density at radius 1 is 1.38 bits per heavy atom. The van der Waals surface area contributed by atoms with Crippen molar-refractivity contribution in [1.82, 2.24) is 4.67 Å². The van der Waals surface area contributed by atoms with Gasteiger partial charge >= 0.3 is 7.67 Å². The molecule has 0 aromatic heterocycles. The molecule has 4 nitrogen and oxygen atoms in total. The third kappa shape index (κ3) is 1.88. The van der Waals surface area contributed by atoms with Gasteiger partial charge in [0, 0.05) is 5.69 Å². The topological polar surface area (TPSA) is 32.8 Å². The quantitative estimate of drug-likeness (QED) is 0.744. The molecule has 1 aromatic rings. The summed E-state index contributed by atoms with van der Waals surface area (Å²) >= 11 is 0. The average molecular weight is 240 g/mol. The minimum absolute atomic E-state index is 0.00607. The van der Waals surface area contributed by atoms with Crippen LogP contribution in [0, 0.1) is 0 Å². The van der Waals surface area contributed by atoms with Crippen LogP contribution in [0.15, 0.2) is 30.3 Å². The van der Waals surface area contributed by atoms with Crippen molar-refractivity contribution in [2.24, 2.45) is 0 Å². The van der Waals surface area contributed by atoms with Crippen LogP contribution < -0.4 is 4.67 Å². The molecule has 1 aliphatic heterocycles. The molecular formula is C11H17N2O2P. The standard InChI is InChI=1S/C11H17N2O2P/c1-10-9-13(11-7-5-4-6-8-11)16(14,15-10)12(2)3/h4-8,10H,9H2,1-3H3. The van der Waals surface area contributed by atoms with Gasteiger partial charge in [-0.05, 0) is 33.2 Å². The van der Waals surface area contributed by atoms with Gasteiger partial charge in [0.05, 0.1) is 12.6 Å². The lowest BCUT2D eigenvalue weighted by Crippen LogP contribution is -2.23.